The number of imide groups is 1. The number of quaternary nitrogens is 1. The molecule has 5 fully saturated rings. The average Bonchev–Trinajstić information content (AvgIpc) is 3.08. The number of carbonyl (C=O) groups is 2. The Kier molecular flexibility index (Phi) is 6.59. The molecule has 0 N–H and O–H groups in total. The van der Waals surface area contributed by atoms with Gasteiger partial charge in [0.25, 0.3) is 0 Å². The number of hydrogen-bond donors (Lipinski definition) is 0. The van der Waals surface area contributed by atoms with Crippen LogP contribution < -0.4 is 0 Å². The maximum atomic E-state index is 14.6. The summed E-state index contributed by atoms with van der Waals surface area (Å²) in [5, 5.41) is 4.20. The number of hydrogen-bond acceptors (Lipinski definition) is 2. The predicted octanol–water partition coefficient (Wildman–Crippen LogP) is 6.91. The minimum Gasteiger partial charge on any atom is -0.204 e. The van der Waals surface area contributed by atoms with Crippen molar-refractivity contribution in [3.63, 3.8) is 0 Å². The van der Waals surface area contributed by atoms with E-state index in [4.69, 9.17) is 0 Å². The van der Waals surface area contributed by atoms with Gasteiger partial charge in [0.1, 0.15) is 12.1 Å². The van der Waals surface area contributed by atoms with E-state index in [2.05, 4.69) is 10.0 Å². The van der Waals surface area contributed by atoms with Gasteiger partial charge in [-0.1, -0.05) is 51.4 Å². The molecule has 0 aromatic rings. The molecule has 0 atom stereocenters. The highest BCUT2D eigenvalue weighted by atomic mass is 16.3. The summed E-state index contributed by atoms with van der Waals surface area (Å²) in [6.07, 6.45) is 23.2. The molecular weight excluding hydrogens is 386 g/mol. The Hall–Kier alpha value is -1.10. The highest BCUT2D eigenvalue weighted by molar-refractivity contribution is 5.90. The number of amides is 4. The van der Waals surface area contributed by atoms with Crippen molar-refractivity contribution in [2.75, 3.05) is 0 Å². The summed E-state index contributed by atoms with van der Waals surface area (Å²) >= 11 is 0. The molecule has 0 unspecified atom stereocenters. The fraction of sp³-hybridized carbons (Fsp3) is 0.923. The Morgan fingerprint density at radius 3 is 1.06 bits per heavy atom. The SMILES string of the molecule is O=C1N(C2CCCCC2)N(C2CCCCC2)C(=O)[N+]1(C1CCCCC1)C1CCCCC1. The number of carbonyl (C=O) groups excluding carboxylic acids is 2. The van der Waals surface area contributed by atoms with Crippen molar-refractivity contribution in [1.82, 2.24) is 10.0 Å². The van der Waals surface area contributed by atoms with Gasteiger partial charge in [-0.2, -0.15) is 14.5 Å². The van der Waals surface area contributed by atoms with Gasteiger partial charge in [0.15, 0.2) is 0 Å². The van der Waals surface area contributed by atoms with Crippen LogP contribution in [0.15, 0.2) is 0 Å². The molecule has 0 aromatic carbocycles. The number of rotatable bonds is 4. The lowest BCUT2D eigenvalue weighted by Gasteiger charge is -2.43. The van der Waals surface area contributed by atoms with Gasteiger partial charge in [-0.15, -0.1) is 0 Å². The fourth-order valence-electron chi connectivity index (χ4n) is 7.82. The summed E-state index contributed by atoms with van der Waals surface area (Å²) in [5.74, 6) is 0. The normalized spacial score (nSPS) is 30.3. The first kappa shape index (κ1) is 21.7. The maximum absolute atomic E-state index is 14.6. The van der Waals surface area contributed by atoms with Crippen LogP contribution in [0.1, 0.15) is 128 Å². The summed E-state index contributed by atoms with van der Waals surface area (Å²) in [6.45, 7) is 0. The van der Waals surface area contributed by atoms with Crippen LogP contribution in [0.5, 0.6) is 0 Å². The zero-order chi connectivity index (χ0) is 21.3. The summed E-state index contributed by atoms with van der Waals surface area (Å²) in [5.41, 5.74) is 0. The summed E-state index contributed by atoms with van der Waals surface area (Å²) in [6, 6.07) is 1.33. The van der Waals surface area contributed by atoms with Gasteiger partial charge in [-0.25, -0.2) is 9.59 Å². The standard InChI is InChI=1S/C26H44N3O2/c30-25-27(21-13-5-1-6-14-21)28(22-15-7-2-8-16-22)26(31)29(25,23-17-9-3-10-18-23)24-19-11-4-12-20-24/h21-24H,1-20H2/q+1. The second-order valence-corrected chi connectivity index (χ2v) is 11.2. The van der Waals surface area contributed by atoms with Gasteiger partial charge in [0.2, 0.25) is 0 Å². The van der Waals surface area contributed by atoms with E-state index in [1.54, 1.807) is 0 Å². The highest BCUT2D eigenvalue weighted by Crippen LogP contribution is 2.46. The van der Waals surface area contributed by atoms with Crippen molar-refractivity contribution < 1.29 is 14.1 Å². The highest BCUT2D eigenvalue weighted by Gasteiger charge is 2.68. The predicted molar refractivity (Wildman–Crippen MR) is 122 cm³/mol. The number of urea groups is 2. The molecule has 1 aliphatic heterocycles. The third kappa shape index (κ3) is 3.73. The van der Waals surface area contributed by atoms with E-state index >= 15 is 0 Å². The van der Waals surface area contributed by atoms with Crippen LogP contribution in [-0.4, -0.2) is 50.7 Å². The van der Waals surface area contributed by atoms with Crippen LogP contribution in [-0.2, 0) is 0 Å². The maximum Gasteiger partial charge on any atom is 0.447 e. The molecule has 0 bridgehead atoms. The fourth-order valence-corrected chi connectivity index (χ4v) is 7.82. The quantitative estimate of drug-likeness (QED) is 0.455. The molecule has 31 heavy (non-hydrogen) atoms. The Balaban J connectivity index is 1.56. The van der Waals surface area contributed by atoms with E-state index < -0.39 is 0 Å². The third-order valence-corrected chi connectivity index (χ3v) is 9.40. The molecule has 0 aromatic heterocycles. The second-order valence-electron chi connectivity index (χ2n) is 11.2. The Morgan fingerprint density at radius 2 is 0.742 bits per heavy atom. The molecule has 0 radical (unpaired) electrons. The molecular formula is C26H44N3O2+. The Labute approximate surface area is 189 Å². The topological polar surface area (TPSA) is 40.6 Å². The van der Waals surface area contributed by atoms with Gasteiger partial charge in [0.05, 0.1) is 12.1 Å². The Bertz CT molecular complexity index is 585. The summed E-state index contributed by atoms with van der Waals surface area (Å²) < 4.78 is 0.187. The van der Waals surface area contributed by atoms with Crippen LogP contribution in [0.3, 0.4) is 0 Å². The third-order valence-electron chi connectivity index (χ3n) is 9.40. The first-order valence-corrected chi connectivity index (χ1v) is 13.8. The minimum atomic E-state index is 0.187. The lowest BCUT2D eigenvalue weighted by Crippen LogP contribution is -2.66. The second kappa shape index (κ2) is 9.41. The van der Waals surface area contributed by atoms with Gasteiger partial charge in [-0.05, 0) is 51.4 Å². The molecule has 5 heteroatoms. The molecule has 174 valence electrons. The minimum absolute atomic E-state index is 0.187. The lowest BCUT2D eigenvalue weighted by molar-refractivity contribution is -0.824. The molecule has 5 aliphatic rings. The molecule has 5 rings (SSSR count). The molecule has 5 nitrogen and oxygen atoms in total. The number of nitrogens with zero attached hydrogens (tertiary/aromatic N) is 3. The van der Waals surface area contributed by atoms with Crippen LogP contribution >= 0.6 is 0 Å². The van der Waals surface area contributed by atoms with Crippen molar-refractivity contribution in [3.8, 4) is 0 Å². The van der Waals surface area contributed by atoms with Crippen molar-refractivity contribution in [2.45, 2.75) is 153 Å². The molecule has 0 spiro atoms. The zero-order valence-electron chi connectivity index (χ0n) is 19.6. The van der Waals surface area contributed by atoms with Gasteiger partial charge >= 0.3 is 12.1 Å². The van der Waals surface area contributed by atoms with Crippen LogP contribution in [0, 0.1) is 0 Å². The van der Waals surface area contributed by atoms with Crippen molar-refractivity contribution >= 4 is 12.1 Å². The van der Waals surface area contributed by atoms with E-state index in [9.17, 15) is 9.59 Å². The zero-order valence-corrected chi connectivity index (χ0v) is 19.6. The monoisotopic (exact) mass is 430 g/mol. The van der Waals surface area contributed by atoms with Crippen molar-refractivity contribution in [2.24, 2.45) is 0 Å². The van der Waals surface area contributed by atoms with Crippen molar-refractivity contribution in [1.29, 1.82) is 0 Å². The molecule has 1 heterocycles. The van der Waals surface area contributed by atoms with Gasteiger partial charge < -0.3 is 0 Å². The van der Waals surface area contributed by atoms with E-state index in [1.165, 1.54) is 77.0 Å². The first-order valence-electron chi connectivity index (χ1n) is 13.8. The summed E-state index contributed by atoms with van der Waals surface area (Å²) in [7, 11) is 0. The van der Waals surface area contributed by atoms with E-state index in [-0.39, 0.29) is 40.7 Å². The van der Waals surface area contributed by atoms with Crippen LogP contribution in [0.2, 0.25) is 0 Å². The molecule has 4 amide bonds. The van der Waals surface area contributed by atoms with Crippen molar-refractivity contribution in [3.05, 3.63) is 0 Å². The van der Waals surface area contributed by atoms with Gasteiger partial charge in [0, 0.05) is 25.7 Å². The Morgan fingerprint density at radius 1 is 0.452 bits per heavy atom. The summed E-state index contributed by atoms with van der Waals surface area (Å²) in [4.78, 5) is 29.2. The molecule has 1 saturated heterocycles. The molecule has 4 aliphatic carbocycles. The van der Waals surface area contributed by atoms with Crippen LogP contribution in [0.4, 0.5) is 9.59 Å². The average molecular weight is 431 g/mol. The van der Waals surface area contributed by atoms with E-state index in [1.807, 2.05) is 0 Å². The number of hydrazine groups is 1. The molecule has 4 saturated carbocycles. The first-order chi connectivity index (χ1) is 15.2. The lowest BCUT2D eigenvalue weighted by atomic mass is 9.86. The van der Waals surface area contributed by atoms with Crippen LogP contribution in [0.25, 0.3) is 0 Å². The van der Waals surface area contributed by atoms with Gasteiger partial charge in [-0.3, -0.25) is 0 Å². The van der Waals surface area contributed by atoms with E-state index in [0.29, 0.717) is 0 Å². The smallest absolute Gasteiger partial charge is 0.204 e. The van der Waals surface area contributed by atoms with E-state index in [0.717, 1.165) is 51.4 Å². The largest absolute Gasteiger partial charge is 0.447 e.